The van der Waals surface area contributed by atoms with Crippen LogP contribution >= 0.6 is 0 Å². The van der Waals surface area contributed by atoms with Crippen LogP contribution < -0.4 is 0 Å². The summed E-state index contributed by atoms with van der Waals surface area (Å²) in [7, 11) is 0. The minimum absolute atomic E-state index is 0.0279. The van der Waals surface area contributed by atoms with Gasteiger partial charge in [0, 0.05) is 18.8 Å². The van der Waals surface area contributed by atoms with E-state index in [1.165, 1.54) is 12.5 Å². The lowest BCUT2D eigenvalue weighted by Crippen LogP contribution is -2.60. The van der Waals surface area contributed by atoms with Gasteiger partial charge >= 0.3 is 12.1 Å². The van der Waals surface area contributed by atoms with Crippen molar-refractivity contribution in [3.63, 3.8) is 0 Å². The first-order valence-corrected chi connectivity index (χ1v) is 10.6. The molecule has 4 rings (SSSR count). The van der Waals surface area contributed by atoms with Gasteiger partial charge in [-0.2, -0.15) is 13.2 Å². The zero-order valence-corrected chi connectivity index (χ0v) is 16.9. The molecule has 158 valence electrons. The van der Waals surface area contributed by atoms with Gasteiger partial charge in [0.15, 0.2) is 5.60 Å². The molecule has 0 bridgehead atoms. The number of hydrogen-bond donors (Lipinski definition) is 1. The predicted octanol–water partition coefficient (Wildman–Crippen LogP) is 5.17. The van der Waals surface area contributed by atoms with Gasteiger partial charge in [-0.3, -0.25) is 4.79 Å². The van der Waals surface area contributed by atoms with Crippen molar-refractivity contribution in [3.05, 3.63) is 11.6 Å². The summed E-state index contributed by atoms with van der Waals surface area (Å²) in [5.74, 6) is 0.181. The summed E-state index contributed by atoms with van der Waals surface area (Å²) in [6.07, 6.45) is 2.21. The van der Waals surface area contributed by atoms with E-state index in [9.17, 15) is 23.1 Å². The van der Waals surface area contributed by atoms with Crippen LogP contribution in [0.3, 0.4) is 0 Å². The molecule has 0 amide bonds. The number of rotatable bonds is 1. The topological polar surface area (TPSA) is 46.5 Å². The summed E-state index contributed by atoms with van der Waals surface area (Å²) in [6.45, 7) is 5.36. The van der Waals surface area contributed by atoms with Gasteiger partial charge in [-0.25, -0.2) is 0 Å². The highest BCUT2D eigenvalue weighted by molar-refractivity contribution is 5.66. The number of ether oxygens (including phenoxy) is 1. The Morgan fingerprint density at radius 1 is 1.14 bits per heavy atom. The van der Waals surface area contributed by atoms with Gasteiger partial charge in [0.25, 0.3) is 0 Å². The van der Waals surface area contributed by atoms with Crippen molar-refractivity contribution in [2.24, 2.45) is 28.6 Å². The SMILES string of the molecule is CC(=O)O[C@H]1CC[C@@]2(C)C(=CC[C@@H]3[C@@H]2CC[C@@]2(C)[C@H]3CC[C@@]2(O)C(F)(F)F)C1. The fourth-order valence-electron chi connectivity index (χ4n) is 7.44. The van der Waals surface area contributed by atoms with Gasteiger partial charge in [-0.1, -0.05) is 25.5 Å². The molecule has 4 aliphatic rings. The van der Waals surface area contributed by atoms with Crippen LogP contribution in [-0.4, -0.2) is 29.0 Å². The highest BCUT2D eigenvalue weighted by Gasteiger charge is 2.72. The number of hydrogen-bond acceptors (Lipinski definition) is 3. The molecule has 0 saturated heterocycles. The van der Waals surface area contributed by atoms with E-state index in [0.717, 1.165) is 32.1 Å². The maximum absolute atomic E-state index is 13.8. The van der Waals surface area contributed by atoms with Gasteiger partial charge in [-0.05, 0) is 68.1 Å². The largest absolute Gasteiger partial charge is 0.462 e. The zero-order valence-electron chi connectivity index (χ0n) is 16.9. The Bertz CT molecular complexity index is 702. The Morgan fingerprint density at radius 3 is 2.46 bits per heavy atom. The van der Waals surface area contributed by atoms with Gasteiger partial charge in [-0.15, -0.1) is 0 Å². The lowest BCUT2D eigenvalue weighted by molar-refractivity contribution is -0.302. The molecular formula is C22H31F3O3. The van der Waals surface area contributed by atoms with Crippen molar-refractivity contribution in [1.29, 1.82) is 0 Å². The van der Waals surface area contributed by atoms with E-state index in [1.54, 1.807) is 6.92 Å². The number of alkyl halides is 3. The third-order valence-electron chi connectivity index (χ3n) is 9.01. The van der Waals surface area contributed by atoms with Crippen molar-refractivity contribution in [1.82, 2.24) is 0 Å². The maximum Gasteiger partial charge on any atom is 0.417 e. The summed E-state index contributed by atoms with van der Waals surface area (Å²) < 4.78 is 46.8. The van der Waals surface area contributed by atoms with E-state index >= 15 is 0 Å². The van der Waals surface area contributed by atoms with Crippen LogP contribution in [0.1, 0.15) is 72.1 Å². The molecule has 0 unspecified atom stereocenters. The summed E-state index contributed by atoms with van der Waals surface area (Å²) in [6, 6.07) is 0. The molecule has 0 spiro atoms. The third kappa shape index (κ3) is 2.62. The molecule has 0 aromatic carbocycles. The molecule has 4 aliphatic carbocycles. The molecule has 7 atom stereocenters. The lowest BCUT2D eigenvalue weighted by Gasteiger charge is -2.59. The number of fused-ring (bicyclic) bond motifs is 5. The van der Waals surface area contributed by atoms with Gasteiger partial charge < -0.3 is 9.84 Å². The second-order valence-electron chi connectivity index (χ2n) is 10.1. The van der Waals surface area contributed by atoms with Crippen molar-refractivity contribution in [3.8, 4) is 0 Å². The molecule has 0 aromatic heterocycles. The molecule has 0 aliphatic heterocycles. The van der Waals surface area contributed by atoms with E-state index in [4.69, 9.17) is 4.74 Å². The smallest absolute Gasteiger partial charge is 0.417 e. The Labute approximate surface area is 164 Å². The van der Waals surface area contributed by atoms with Crippen LogP contribution in [0.2, 0.25) is 0 Å². The minimum Gasteiger partial charge on any atom is -0.462 e. The molecule has 0 aromatic rings. The average molecular weight is 400 g/mol. The molecule has 3 nitrogen and oxygen atoms in total. The number of carbonyl (C=O) groups excluding carboxylic acids is 1. The summed E-state index contributed by atoms with van der Waals surface area (Å²) in [5.41, 5.74) is -2.37. The Balaban J connectivity index is 1.62. The zero-order chi connectivity index (χ0) is 20.5. The minimum atomic E-state index is -4.58. The van der Waals surface area contributed by atoms with Crippen LogP contribution in [0.25, 0.3) is 0 Å². The molecule has 0 heterocycles. The standard InChI is InChI=1S/C22H31F3O3/c1-13(26)28-15-6-9-19(2)14(12-15)4-5-16-17(19)7-10-20(3)18(16)8-11-21(20,27)22(23,24)25/h4,15-18,27H,5-12H2,1-3H3/t15-,16+,17-,18-,19-,20-,21-/m0/s1. The number of esters is 1. The first-order valence-electron chi connectivity index (χ1n) is 10.6. The van der Waals surface area contributed by atoms with Crippen molar-refractivity contribution >= 4 is 5.97 Å². The number of allylic oxidation sites excluding steroid dienone is 1. The lowest BCUT2D eigenvalue weighted by atomic mass is 9.47. The summed E-state index contributed by atoms with van der Waals surface area (Å²) >= 11 is 0. The van der Waals surface area contributed by atoms with Crippen LogP contribution in [0.5, 0.6) is 0 Å². The number of halogens is 3. The van der Waals surface area contributed by atoms with Crippen LogP contribution in [0.4, 0.5) is 13.2 Å². The van der Waals surface area contributed by atoms with Crippen molar-refractivity contribution in [2.75, 3.05) is 0 Å². The van der Waals surface area contributed by atoms with Gasteiger partial charge in [0.1, 0.15) is 6.10 Å². The summed E-state index contributed by atoms with van der Waals surface area (Å²) in [5, 5.41) is 10.7. The highest BCUT2D eigenvalue weighted by Crippen LogP contribution is 2.69. The fourth-order valence-corrected chi connectivity index (χ4v) is 7.44. The second-order valence-corrected chi connectivity index (χ2v) is 10.1. The first kappa shape index (κ1) is 20.2. The second kappa shape index (κ2) is 6.23. The molecule has 1 N–H and O–H groups in total. The fraction of sp³-hybridized carbons (Fsp3) is 0.864. The normalized spacial score (nSPS) is 48.2. The number of aliphatic hydroxyl groups is 1. The molecule has 3 fully saturated rings. The molecular weight excluding hydrogens is 369 g/mol. The Hall–Kier alpha value is -1.04. The van der Waals surface area contributed by atoms with E-state index < -0.39 is 17.2 Å². The van der Waals surface area contributed by atoms with Crippen LogP contribution in [-0.2, 0) is 9.53 Å². The highest BCUT2D eigenvalue weighted by atomic mass is 19.4. The van der Waals surface area contributed by atoms with E-state index in [2.05, 4.69) is 13.0 Å². The summed E-state index contributed by atoms with van der Waals surface area (Å²) in [4.78, 5) is 11.3. The first-order chi connectivity index (χ1) is 12.9. The Kier molecular flexibility index (Phi) is 4.50. The van der Waals surface area contributed by atoms with Crippen LogP contribution in [0, 0.1) is 28.6 Å². The Morgan fingerprint density at radius 2 is 1.82 bits per heavy atom. The van der Waals surface area contributed by atoms with Gasteiger partial charge in [0.2, 0.25) is 0 Å². The number of carbonyl (C=O) groups is 1. The molecule has 0 radical (unpaired) electrons. The molecule has 3 saturated carbocycles. The maximum atomic E-state index is 13.8. The van der Waals surface area contributed by atoms with Crippen molar-refractivity contribution < 1.29 is 27.8 Å². The third-order valence-corrected chi connectivity index (χ3v) is 9.01. The van der Waals surface area contributed by atoms with Crippen molar-refractivity contribution in [2.45, 2.75) is 90.0 Å². The average Bonchev–Trinajstić information content (AvgIpc) is 2.87. The van der Waals surface area contributed by atoms with Gasteiger partial charge in [0.05, 0.1) is 0 Å². The van der Waals surface area contributed by atoms with E-state index in [-0.39, 0.29) is 35.7 Å². The molecule has 6 heteroatoms. The van der Waals surface area contributed by atoms with E-state index in [0.29, 0.717) is 18.8 Å². The quantitative estimate of drug-likeness (QED) is 0.488. The monoisotopic (exact) mass is 400 g/mol. The van der Waals surface area contributed by atoms with E-state index in [1.807, 2.05) is 0 Å². The predicted molar refractivity (Wildman–Crippen MR) is 98.3 cm³/mol. The van der Waals surface area contributed by atoms with Crippen LogP contribution in [0.15, 0.2) is 11.6 Å². The molecule has 28 heavy (non-hydrogen) atoms.